The fourth-order valence-electron chi connectivity index (χ4n) is 4.63. The molecular weight excluding hydrogens is 474 g/mol. The van der Waals surface area contributed by atoms with Gasteiger partial charge in [0.25, 0.3) is 5.91 Å². The van der Waals surface area contributed by atoms with E-state index in [2.05, 4.69) is 0 Å². The summed E-state index contributed by atoms with van der Waals surface area (Å²) in [5.41, 5.74) is 1.38. The molecule has 3 aromatic rings. The summed E-state index contributed by atoms with van der Waals surface area (Å²) in [6.45, 7) is 9.06. The molecule has 36 heavy (non-hydrogen) atoms. The lowest BCUT2D eigenvalue weighted by molar-refractivity contribution is -0.121. The molecule has 2 amide bonds. The van der Waals surface area contributed by atoms with Crippen LogP contribution in [0.1, 0.15) is 49.4 Å². The van der Waals surface area contributed by atoms with E-state index in [1.54, 1.807) is 57.2 Å². The Morgan fingerprint density at radius 1 is 0.917 bits per heavy atom. The van der Waals surface area contributed by atoms with Gasteiger partial charge in [-0.15, -0.1) is 0 Å². The van der Waals surface area contributed by atoms with Crippen molar-refractivity contribution in [3.05, 3.63) is 95.1 Å². The summed E-state index contributed by atoms with van der Waals surface area (Å²) in [4.78, 5) is 28.8. The number of hydrogen-bond donors (Lipinski definition) is 0. The van der Waals surface area contributed by atoms with Crippen molar-refractivity contribution in [2.75, 3.05) is 10.7 Å². The summed E-state index contributed by atoms with van der Waals surface area (Å²) < 4.78 is 32.2. The van der Waals surface area contributed by atoms with Crippen molar-refractivity contribution in [3.8, 4) is 0 Å². The summed E-state index contributed by atoms with van der Waals surface area (Å²) >= 11 is 0. The number of fused-ring (bicyclic) bond motifs is 1. The van der Waals surface area contributed by atoms with Crippen LogP contribution in [-0.4, -0.2) is 31.8 Å². The van der Waals surface area contributed by atoms with E-state index in [1.807, 2.05) is 50.2 Å². The predicted octanol–water partition coefficient (Wildman–Crippen LogP) is 5.74. The van der Waals surface area contributed by atoms with Gasteiger partial charge in [-0.25, -0.2) is 18.1 Å². The van der Waals surface area contributed by atoms with Crippen LogP contribution in [0.3, 0.4) is 0 Å². The second kappa shape index (κ2) is 9.21. The second-order valence-electron chi connectivity index (χ2n) is 10.3. The van der Waals surface area contributed by atoms with Crippen LogP contribution in [0.25, 0.3) is 0 Å². The van der Waals surface area contributed by atoms with E-state index in [9.17, 15) is 18.0 Å². The third kappa shape index (κ3) is 4.67. The van der Waals surface area contributed by atoms with Gasteiger partial charge in [0.2, 0.25) is 0 Å². The molecular formula is C29H31NO5S. The Kier molecular flexibility index (Phi) is 6.56. The predicted molar refractivity (Wildman–Crippen MR) is 140 cm³/mol. The van der Waals surface area contributed by atoms with Crippen LogP contribution >= 0.6 is 0 Å². The highest BCUT2D eigenvalue weighted by Crippen LogP contribution is 2.49. The van der Waals surface area contributed by atoms with E-state index < -0.39 is 32.9 Å². The van der Waals surface area contributed by atoms with Gasteiger partial charge < -0.3 is 4.74 Å². The second-order valence-corrected chi connectivity index (χ2v) is 12.4. The maximum Gasteiger partial charge on any atom is 0.421 e. The average molecular weight is 506 g/mol. The highest BCUT2D eigenvalue weighted by Gasteiger charge is 2.55. The molecule has 0 unspecified atom stereocenters. The van der Waals surface area contributed by atoms with Crippen LogP contribution < -0.4 is 4.90 Å². The highest BCUT2D eigenvalue weighted by atomic mass is 32.2. The number of imide groups is 1. The zero-order chi connectivity index (χ0) is 26.3. The molecule has 0 spiro atoms. The minimum atomic E-state index is -3.69. The average Bonchev–Trinajstić information content (AvgIpc) is 3.05. The first-order valence-electron chi connectivity index (χ1n) is 11.9. The lowest BCUT2D eigenvalue weighted by atomic mass is 9.73. The first kappa shape index (κ1) is 25.6. The number of ether oxygens (including phenoxy) is 1. The fourth-order valence-corrected chi connectivity index (χ4v) is 6.01. The van der Waals surface area contributed by atoms with E-state index in [4.69, 9.17) is 4.74 Å². The van der Waals surface area contributed by atoms with Gasteiger partial charge in [-0.05, 0) is 70.4 Å². The zero-order valence-corrected chi connectivity index (χ0v) is 22.1. The van der Waals surface area contributed by atoms with Crippen molar-refractivity contribution >= 4 is 27.5 Å². The molecule has 188 valence electrons. The van der Waals surface area contributed by atoms with Gasteiger partial charge in [0.15, 0.2) is 9.84 Å². The number of benzene rings is 3. The molecule has 1 heterocycles. The Balaban J connectivity index is 1.89. The Bertz CT molecular complexity index is 1410. The summed E-state index contributed by atoms with van der Waals surface area (Å²) in [6.07, 6.45) is -0.806. The summed E-state index contributed by atoms with van der Waals surface area (Å²) in [6, 6.07) is 21.1. The fraction of sp³-hybridized carbons (Fsp3) is 0.310. The quantitative estimate of drug-likeness (QED) is 0.442. The third-order valence-corrected chi connectivity index (χ3v) is 8.12. The molecule has 0 aliphatic carbocycles. The SMILES string of the molecule is Cc1ccc([C@@]2(CCS(=O)(=O)c3ccccc3)C(=O)N(C(=O)OC(C)(C)C)c3ccc(C)cc32)cc1. The van der Waals surface area contributed by atoms with Crippen molar-refractivity contribution in [1.82, 2.24) is 0 Å². The Morgan fingerprint density at radius 2 is 1.53 bits per heavy atom. The summed E-state index contributed by atoms with van der Waals surface area (Å²) in [5, 5.41) is 0. The van der Waals surface area contributed by atoms with Crippen LogP contribution in [-0.2, 0) is 24.8 Å². The van der Waals surface area contributed by atoms with Crippen molar-refractivity contribution in [2.24, 2.45) is 0 Å². The minimum absolute atomic E-state index is 0.0259. The number of carbonyl (C=O) groups is 2. The Labute approximate surface area is 212 Å². The first-order valence-corrected chi connectivity index (χ1v) is 13.5. The molecule has 3 aromatic carbocycles. The molecule has 1 aliphatic rings. The van der Waals surface area contributed by atoms with Gasteiger partial charge in [-0.1, -0.05) is 65.7 Å². The number of anilines is 1. The van der Waals surface area contributed by atoms with E-state index in [-0.39, 0.29) is 17.1 Å². The molecule has 0 aromatic heterocycles. The highest BCUT2D eigenvalue weighted by molar-refractivity contribution is 7.91. The normalized spacial score (nSPS) is 17.7. The molecule has 1 atom stereocenters. The zero-order valence-electron chi connectivity index (χ0n) is 21.2. The van der Waals surface area contributed by atoms with E-state index >= 15 is 0 Å². The Morgan fingerprint density at radius 3 is 2.14 bits per heavy atom. The summed E-state index contributed by atoms with van der Waals surface area (Å²) in [7, 11) is -3.69. The van der Waals surface area contributed by atoms with Gasteiger partial charge in [0.1, 0.15) is 11.0 Å². The molecule has 0 radical (unpaired) electrons. The van der Waals surface area contributed by atoms with Gasteiger partial charge in [0.05, 0.1) is 16.3 Å². The topological polar surface area (TPSA) is 80.8 Å². The van der Waals surface area contributed by atoms with Gasteiger partial charge in [-0.2, -0.15) is 0 Å². The number of hydrogen-bond acceptors (Lipinski definition) is 5. The maximum absolute atomic E-state index is 14.3. The first-order chi connectivity index (χ1) is 16.8. The van der Waals surface area contributed by atoms with Crippen LogP contribution in [0.2, 0.25) is 0 Å². The van der Waals surface area contributed by atoms with Crippen LogP contribution in [0.15, 0.2) is 77.7 Å². The lowest BCUT2D eigenvalue weighted by Crippen LogP contribution is -2.46. The van der Waals surface area contributed by atoms with Crippen molar-refractivity contribution in [3.63, 3.8) is 0 Å². The van der Waals surface area contributed by atoms with Crippen molar-refractivity contribution < 1.29 is 22.7 Å². The minimum Gasteiger partial charge on any atom is -0.443 e. The third-order valence-electron chi connectivity index (χ3n) is 6.39. The Hall–Kier alpha value is -3.45. The standard InChI is InChI=1S/C29H31NO5S/c1-20-11-14-22(15-12-20)29(17-18-36(33,34)23-9-7-6-8-10-23)24-19-21(2)13-16-25(24)30(26(29)31)27(32)35-28(3,4)5/h6-16,19H,17-18H2,1-5H3/t29-/m1/s1. The van der Waals surface area contributed by atoms with Gasteiger partial charge in [0, 0.05) is 0 Å². The molecule has 0 fully saturated rings. The molecule has 6 nitrogen and oxygen atoms in total. The molecule has 1 aliphatic heterocycles. The van der Waals surface area contributed by atoms with Crippen LogP contribution in [0, 0.1) is 13.8 Å². The van der Waals surface area contributed by atoms with Gasteiger partial charge in [-0.3, -0.25) is 4.79 Å². The van der Waals surface area contributed by atoms with Gasteiger partial charge >= 0.3 is 6.09 Å². The largest absolute Gasteiger partial charge is 0.443 e. The molecule has 0 N–H and O–H groups in total. The number of carbonyl (C=O) groups excluding carboxylic acids is 2. The monoisotopic (exact) mass is 505 g/mol. The van der Waals surface area contributed by atoms with Crippen molar-refractivity contribution in [1.29, 1.82) is 0 Å². The smallest absolute Gasteiger partial charge is 0.421 e. The molecule has 0 bridgehead atoms. The van der Waals surface area contributed by atoms with Crippen LogP contribution in [0.4, 0.5) is 10.5 Å². The molecule has 4 rings (SSSR count). The lowest BCUT2D eigenvalue weighted by Gasteiger charge is -2.30. The number of amides is 2. The van der Waals surface area contributed by atoms with E-state index in [1.165, 1.54) is 0 Å². The van der Waals surface area contributed by atoms with E-state index in [0.717, 1.165) is 16.0 Å². The maximum atomic E-state index is 14.3. The number of rotatable bonds is 5. The number of aryl methyl sites for hydroxylation is 2. The summed E-state index contributed by atoms with van der Waals surface area (Å²) in [5.74, 6) is -0.781. The molecule has 0 saturated carbocycles. The number of nitrogens with zero attached hydrogens (tertiary/aromatic N) is 1. The van der Waals surface area contributed by atoms with E-state index in [0.29, 0.717) is 16.8 Å². The van der Waals surface area contributed by atoms with Crippen molar-refractivity contribution in [2.45, 2.75) is 57.0 Å². The molecule has 7 heteroatoms. The van der Waals surface area contributed by atoms with Crippen LogP contribution in [0.5, 0.6) is 0 Å². The number of sulfone groups is 1. The molecule has 0 saturated heterocycles.